The summed E-state index contributed by atoms with van der Waals surface area (Å²) in [7, 11) is 0. The Morgan fingerprint density at radius 1 is 1.30 bits per heavy atom. The summed E-state index contributed by atoms with van der Waals surface area (Å²) in [4.78, 5) is 23.5. The standard InChI is InChI=1S/C20H34N6O/c1-4-13-26-14-10-17(11-15-26)24-20(21-5-2)22-12-9-19(27)25-18-8-6-7-16(3)23-18/h6-8,17H,4-5,9-15H2,1-3H3,(H2,21,22,24)(H,23,25,27). The van der Waals surface area contributed by atoms with Gasteiger partial charge < -0.3 is 20.9 Å². The van der Waals surface area contributed by atoms with Crippen molar-refractivity contribution in [1.82, 2.24) is 20.5 Å². The quantitative estimate of drug-likeness (QED) is 0.480. The molecule has 27 heavy (non-hydrogen) atoms. The Hall–Kier alpha value is -2.15. The van der Waals surface area contributed by atoms with Crippen LogP contribution in [0.25, 0.3) is 0 Å². The molecule has 0 aliphatic carbocycles. The second-order valence-corrected chi connectivity index (χ2v) is 6.98. The number of carbonyl (C=O) groups is 1. The Morgan fingerprint density at radius 2 is 2.07 bits per heavy atom. The average molecular weight is 375 g/mol. The minimum atomic E-state index is -0.0689. The first-order chi connectivity index (χ1) is 13.1. The van der Waals surface area contributed by atoms with E-state index in [1.165, 1.54) is 13.0 Å². The number of aromatic nitrogens is 1. The van der Waals surface area contributed by atoms with Crippen LogP contribution in [0.2, 0.25) is 0 Å². The van der Waals surface area contributed by atoms with Gasteiger partial charge >= 0.3 is 0 Å². The van der Waals surface area contributed by atoms with Gasteiger partial charge in [0.1, 0.15) is 5.82 Å². The summed E-state index contributed by atoms with van der Waals surface area (Å²) in [6.45, 7) is 10.9. The second-order valence-electron chi connectivity index (χ2n) is 6.98. The van der Waals surface area contributed by atoms with Crippen LogP contribution >= 0.6 is 0 Å². The van der Waals surface area contributed by atoms with Crippen LogP contribution in [0.5, 0.6) is 0 Å². The van der Waals surface area contributed by atoms with Gasteiger partial charge in [-0.3, -0.25) is 9.79 Å². The van der Waals surface area contributed by atoms with E-state index in [9.17, 15) is 4.79 Å². The van der Waals surface area contributed by atoms with Gasteiger partial charge in [0.25, 0.3) is 0 Å². The van der Waals surface area contributed by atoms with E-state index in [-0.39, 0.29) is 5.91 Å². The topological polar surface area (TPSA) is 81.7 Å². The van der Waals surface area contributed by atoms with E-state index >= 15 is 0 Å². The van der Waals surface area contributed by atoms with E-state index in [0.717, 1.165) is 44.1 Å². The molecule has 0 radical (unpaired) electrons. The summed E-state index contributed by atoms with van der Waals surface area (Å²) < 4.78 is 0. The fourth-order valence-electron chi connectivity index (χ4n) is 3.22. The number of anilines is 1. The number of nitrogens with zero attached hydrogens (tertiary/aromatic N) is 3. The molecule has 1 saturated heterocycles. The molecule has 0 unspecified atom stereocenters. The summed E-state index contributed by atoms with van der Waals surface area (Å²) in [5.41, 5.74) is 0.884. The van der Waals surface area contributed by atoms with Crippen LogP contribution < -0.4 is 16.0 Å². The maximum atomic E-state index is 12.1. The lowest BCUT2D eigenvalue weighted by Crippen LogP contribution is -2.48. The van der Waals surface area contributed by atoms with Crippen LogP contribution in [0.15, 0.2) is 23.2 Å². The number of guanidine groups is 1. The van der Waals surface area contributed by atoms with Crippen LogP contribution in [-0.2, 0) is 4.79 Å². The summed E-state index contributed by atoms with van der Waals surface area (Å²) in [6.07, 6.45) is 3.80. The van der Waals surface area contributed by atoms with Gasteiger partial charge in [-0.15, -0.1) is 0 Å². The van der Waals surface area contributed by atoms with Crippen molar-refractivity contribution in [1.29, 1.82) is 0 Å². The number of hydrogen-bond donors (Lipinski definition) is 3. The highest BCUT2D eigenvalue weighted by atomic mass is 16.1. The lowest BCUT2D eigenvalue weighted by atomic mass is 10.1. The largest absolute Gasteiger partial charge is 0.357 e. The third-order valence-corrected chi connectivity index (χ3v) is 4.58. The Morgan fingerprint density at radius 3 is 2.74 bits per heavy atom. The Kier molecular flexibility index (Phi) is 9.04. The minimum Gasteiger partial charge on any atom is -0.357 e. The molecule has 0 bridgehead atoms. The number of aryl methyl sites for hydroxylation is 1. The molecule has 1 aliphatic rings. The molecule has 2 rings (SSSR count). The van der Waals surface area contributed by atoms with Gasteiger partial charge in [-0.05, 0) is 51.8 Å². The van der Waals surface area contributed by atoms with Crippen LogP contribution in [0, 0.1) is 6.92 Å². The van der Waals surface area contributed by atoms with Gasteiger partial charge in [0.15, 0.2) is 5.96 Å². The molecule has 1 aromatic heterocycles. The maximum absolute atomic E-state index is 12.1. The third kappa shape index (κ3) is 7.95. The number of rotatable bonds is 8. The molecule has 3 N–H and O–H groups in total. The number of likely N-dealkylation sites (tertiary alicyclic amines) is 1. The van der Waals surface area contributed by atoms with E-state index in [4.69, 9.17) is 0 Å². The number of piperidine rings is 1. The highest BCUT2D eigenvalue weighted by Crippen LogP contribution is 2.10. The zero-order valence-electron chi connectivity index (χ0n) is 16.9. The van der Waals surface area contributed by atoms with Gasteiger partial charge in [0, 0.05) is 37.8 Å². The highest BCUT2D eigenvalue weighted by Gasteiger charge is 2.19. The third-order valence-electron chi connectivity index (χ3n) is 4.58. The van der Waals surface area contributed by atoms with Crippen molar-refractivity contribution in [3.05, 3.63) is 23.9 Å². The number of amides is 1. The van der Waals surface area contributed by atoms with Crippen molar-refractivity contribution in [2.75, 3.05) is 38.0 Å². The molecule has 0 atom stereocenters. The molecule has 1 fully saturated rings. The summed E-state index contributed by atoms with van der Waals surface area (Å²) in [6, 6.07) is 6.03. The number of hydrogen-bond acceptors (Lipinski definition) is 4. The SMILES string of the molecule is CCCN1CCC(NC(=NCCC(=O)Nc2cccc(C)n2)NCC)CC1. The molecule has 7 heteroatoms. The molecular weight excluding hydrogens is 340 g/mol. The lowest BCUT2D eigenvalue weighted by Gasteiger charge is -2.32. The first-order valence-electron chi connectivity index (χ1n) is 10.1. The molecule has 0 saturated carbocycles. The van der Waals surface area contributed by atoms with Gasteiger partial charge in [0.05, 0.1) is 6.54 Å². The number of aliphatic imine (C=N–C) groups is 1. The summed E-state index contributed by atoms with van der Waals surface area (Å²) >= 11 is 0. The minimum absolute atomic E-state index is 0.0689. The zero-order chi connectivity index (χ0) is 19.5. The van der Waals surface area contributed by atoms with Crippen LogP contribution in [0.4, 0.5) is 5.82 Å². The van der Waals surface area contributed by atoms with Crippen LogP contribution in [0.3, 0.4) is 0 Å². The van der Waals surface area contributed by atoms with Crippen molar-refractivity contribution < 1.29 is 4.79 Å². The molecule has 1 aromatic rings. The van der Waals surface area contributed by atoms with E-state index in [2.05, 4.69) is 44.7 Å². The van der Waals surface area contributed by atoms with Crippen molar-refractivity contribution in [3.63, 3.8) is 0 Å². The molecule has 1 aliphatic heterocycles. The fourth-order valence-corrected chi connectivity index (χ4v) is 3.22. The smallest absolute Gasteiger partial charge is 0.227 e. The predicted molar refractivity (Wildman–Crippen MR) is 111 cm³/mol. The monoisotopic (exact) mass is 374 g/mol. The first-order valence-corrected chi connectivity index (χ1v) is 10.1. The van der Waals surface area contributed by atoms with Crippen molar-refractivity contribution in [2.45, 2.75) is 52.5 Å². The van der Waals surface area contributed by atoms with E-state index in [1.54, 1.807) is 6.07 Å². The van der Waals surface area contributed by atoms with E-state index in [0.29, 0.717) is 24.8 Å². The van der Waals surface area contributed by atoms with Gasteiger partial charge in [-0.2, -0.15) is 0 Å². The normalized spacial score (nSPS) is 16.2. The zero-order valence-corrected chi connectivity index (χ0v) is 16.9. The highest BCUT2D eigenvalue weighted by molar-refractivity contribution is 5.90. The van der Waals surface area contributed by atoms with Crippen molar-refractivity contribution >= 4 is 17.7 Å². The van der Waals surface area contributed by atoms with Crippen molar-refractivity contribution in [3.8, 4) is 0 Å². The Balaban J connectivity index is 1.76. The molecule has 0 aromatic carbocycles. The van der Waals surface area contributed by atoms with Crippen LogP contribution in [0.1, 0.15) is 45.2 Å². The molecular formula is C20H34N6O. The maximum Gasteiger partial charge on any atom is 0.227 e. The van der Waals surface area contributed by atoms with Crippen LogP contribution in [-0.4, -0.2) is 60.5 Å². The average Bonchev–Trinajstić information content (AvgIpc) is 2.64. The van der Waals surface area contributed by atoms with E-state index in [1.807, 2.05) is 19.1 Å². The number of carbonyl (C=O) groups excluding carboxylic acids is 1. The molecule has 1 amide bonds. The molecule has 150 valence electrons. The van der Waals surface area contributed by atoms with Gasteiger partial charge in [-0.1, -0.05) is 13.0 Å². The molecule has 2 heterocycles. The Bertz CT molecular complexity index is 610. The fraction of sp³-hybridized carbons (Fsp3) is 0.650. The Labute approximate surface area is 163 Å². The summed E-state index contributed by atoms with van der Waals surface area (Å²) in [5, 5.41) is 9.62. The van der Waals surface area contributed by atoms with E-state index < -0.39 is 0 Å². The van der Waals surface area contributed by atoms with Crippen molar-refractivity contribution in [2.24, 2.45) is 4.99 Å². The predicted octanol–water partition coefficient (Wildman–Crippen LogP) is 2.15. The second kappa shape index (κ2) is 11.5. The molecule has 7 nitrogen and oxygen atoms in total. The lowest BCUT2D eigenvalue weighted by molar-refractivity contribution is -0.116. The number of pyridine rings is 1. The molecule has 0 spiro atoms. The van der Waals surface area contributed by atoms with Gasteiger partial charge in [-0.25, -0.2) is 4.98 Å². The number of nitrogens with one attached hydrogen (secondary N) is 3. The first kappa shape index (κ1) is 21.2. The summed E-state index contributed by atoms with van der Waals surface area (Å²) in [5.74, 6) is 1.32. The van der Waals surface area contributed by atoms with Gasteiger partial charge in [0.2, 0.25) is 5.91 Å².